The summed E-state index contributed by atoms with van der Waals surface area (Å²) in [5, 5.41) is 6.98. The highest BCUT2D eigenvalue weighted by Crippen LogP contribution is 2.20. The number of hydrogen-bond acceptors (Lipinski definition) is 5. The van der Waals surface area contributed by atoms with Gasteiger partial charge in [0, 0.05) is 11.3 Å². The molecule has 4 aromatic rings. The number of rotatable bonds is 7. The van der Waals surface area contributed by atoms with Gasteiger partial charge in [0.25, 0.3) is 15.9 Å². The molecule has 1 aromatic heterocycles. The van der Waals surface area contributed by atoms with Crippen LogP contribution >= 0.6 is 0 Å². The van der Waals surface area contributed by atoms with E-state index in [4.69, 9.17) is 0 Å². The van der Waals surface area contributed by atoms with Gasteiger partial charge in [-0.2, -0.15) is 5.10 Å². The molecule has 0 aliphatic rings. The third-order valence-corrected chi connectivity index (χ3v) is 6.63. The molecule has 0 radical (unpaired) electrons. The SMILES string of the molecule is Cc1ccc(S(=O)(=O)Nc2cccc(C(=O)N[C@@H](C)c3ccc(-n4cncn4)cc3)c2)cc1F. The lowest BCUT2D eigenvalue weighted by atomic mass is 10.1. The van der Waals surface area contributed by atoms with Crippen LogP contribution in [0.1, 0.15) is 34.5 Å². The Bertz CT molecular complexity index is 1420. The second kappa shape index (κ2) is 9.44. The van der Waals surface area contributed by atoms with Crippen LogP contribution in [0, 0.1) is 12.7 Å². The first-order valence-corrected chi connectivity index (χ1v) is 11.9. The van der Waals surface area contributed by atoms with Gasteiger partial charge in [0.1, 0.15) is 18.5 Å². The number of nitrogens with one attached hydrogen (secondary N) is 2. The molecule has 2 N–H and O–H groups in total. The predicted octanol–water partition coefficient (Wildman–Crippen LogP) is 4.01. The maximum Gasteiger partial charge on any atom is 0.261 e. The maximum absolute atomic E-state index is 13.8. The Morgan fingerprint density at radius 2 is 1.82 bits per heavy atom. The normalized spacial score (nSPS) is 12.2. The van der Waals surface area contributed by atoms with Gasteiger partial charge < -0.3 is 5.32 Å². The molecule has 3 aromatic carbocycles. The van der Waals surface area contributed by atoms with Gasteiger partial charge >= 0.3 is 0 Å². The zero-order valence-electron chi connectivity index (χ0n) is 18.4. The molecule has 174 valence electrons. The molecule has 0 saturated heterocycles. The van der Waals surface area contributed by atoms with Crippen molar-refractivity contribution in [3.05, 3.63) is 102 Å². The largest absolute Gasteiger partial charge is 0.346 e. The van der Waals surface area contributed by atoms with Crippen molar-refractivity contribution in [2.24, 2.45) is 0 Å². The second-order valence-electron chi connectivity index (χ2n) is 7.72. The quantitative estimate of drug-likeness (QED) is 0.417. The van der Waals surface area contributed by atoms with E-state index in [1.807, 2.05) is 31.2 Å². The molecule has 0 aliphatic heterocycles. The number of nitrogens with zero attached hydrogens (tertiary/aromatic N) is 3. The summed E-state index contributed by atoms with van der Waals surface area (Å²) in [6.07, 6.45) is 3.04. The van der Waals surface area contributed by atoms with Crippen LogP contribution in [0.4, 0.5) is 10.1 Å². The lowest BCUT2D eigenvalue weighted by molar-refractivity contribution is 0.0940. The summed E-state index contributed by atoms with van der Waals surface area (Å²) >= 11 is 0. The van der Waals surface area contributed by atoms with Crippen LogP contribution in [-0.4, -0.2) is 29.1 Å². The highest BCUT2D eigenvalue weighted by Gasteiger charge is 2.17. The van der Waals surface area contributed by atoms with E-state index in [0.29, 0.717) is 5.56 Å². The summed E-state index contributed by atoms with van der Waals surface area (Å²) in [7, 11) is -4.02. The summed E-state index contributed by atoms with van der Waals surface area (Å²) in [5.41, 5.74) is 2.54. The minimum Gasteiger partial charge on any atom is -0.346 e. The van der Waals surface area contributed by atoms with Crippen LogP contribution in [0.5, 0.6) is 0 Å². The molecular formula is C24H22FN5O3S. The molecule has 1 atom stereocenters. The van der Waals surface area contributed by atoms with Crippen LogP contribution in [0.3, 0.4) is 0 Å². The van der Waals surface area contributed by atoms with E-state index in [9.17, 15) is 17.6 Å². The monoisotopic (exact) mass is 479 g/mol. The number of anilines is 1. The molecule has 8 nitrogen and oxygen atoms in total. The van der Waals surface area contributed by atoms with Gasteiger partial charge in [-0.25, -0.2) is 22.5 Å². The molecule has 34 heavy (non-hydrogen) atoms. The lowest BCUT2D eigenvalue weighted by Crippen LogP contribution is -2.26. The van der Waals surface area contributed by atoms with Crippen LogP contribution in [0.25, 0.3) is 5.69 Å². The molecule has 0 aliphatic carbocycles. The Labute approximate surface area is 196 Å². The van der Waals surface area contributed by atoms with Gasteiger partial charge in [-0.1, -0.05) is 24.3 Å². The Balaban J connectivity index is 1.45. The Hall–Kier alpha value is -4.05. The van der Waals surface area contributed by atoms with Gasteiger partial charge in [0.15, 0.2) is 0 Å². The summed E-state index contributed by atoms with van der Waals surface area (Å²) in [4.78, 5) is 16.5. The molecule has 0 fully saturated rings. The fraction of sp³-hybridized carbons (Fsp3) is 0.125. The van der Waals surface area contributed by atoms with Gasteiger partial charge in [0.05, 0.1) is 16.6 Å². The number of aromatic nitrogens is 3. The maximum atomic E-state index is 13.8. The number of amides is 1. The van der Waals surface area contributed by atoms with Gasteiger partial charge in [0.2, 0.25) is 0 Å². The van der Waals surface area contributed by atoms with Crippen molar-refractivity contribution >= 4 is 21.6 Å². The third-order valence-electron chi connectivity index (χ3n) is 5.25. The van der Waals surface area contributed by atoms with Crippen LogP contribution < -0.4 is 10.0 Å². The smallest absolute Gasteiger partial charge is 0.261 e. The molecule has 0 spiro atoms. The molecule has 10 heteroatoms. The Morgan fingerprint density at radius 1 is 1.06 bits per heavy atom. The number of sulfonamides is 1. The number of aryl methyl sites for hydroxylation is 1. The molecule has 0 saturated carbocycles. The first kappa shape index (κ1) is 23.1. The highest BCUT2D eigenvalue weighted by molar-refractivity contribution is 7.92. The van der Waals surface area contributed by atoms with E-state index in [0.717, 1.165) is 17.3 Å². The van der Waals surface area contributed by atoms with E-state index in [1.165, 1.54) is 30.6 Å². The van der Waals surface area contributed by atoms with Crippen molar-refractivity contribution in [3.63, 3.8) is 0 Å². The summed E-state index contributed by atoms with van der Waals surface area (Å²) < 4.78 is 43.1. The summed E-state index contributed by atoms with van der Waals surface area (Å²) in [5.74, 6) is -0.977. The molecule has 1 amide bonds. The number of benzene rings is 3. The molecule has 1 heterocycles. The second-order valence-corrected chi connectivity index (χ2v) is 9.41. The zero-order chi connectivity index (χ0) is 24.3. The zero-order valence-corrected chi connectivity index (χ0v) is 19.3. The summed E-state index contributed by atoms with van der Waals surface area (Å²) in [6, 6.07) is 17.0. The van der Waals surface area contributed by atoms with E-state index in [2.05, 4.69) is 20.1 Å². The van der Waals surface area contributed by atoms with Crippen molar-refractivity contribution in [1.82, 2.24) is 20.1 Å². The van der Waals surface area contributed by atoms with Gasteiger partial charge in [-0.3, -0.25) is 9.52 Å². The number of hydrogen-bond donors (Lipinski definition) is 2. The molecular weight excluding hydrogens is 457 g/mol. The third kappa shape index (κ3) is 5.12. The van der Waals surface area contributed by atoms with Crippen LogP contribution in [-0.2, 0) is 10.0 Å². The van der Waals surface area contributed by atoms with Crippen LogP contribution in [0.15, 0.2) is 84.3 Å². The van der Waals surface area contributed by atoms with Crippen molar-refractivity contribution in [1.29, 1.82) is 0 Å². The van der Waals surface area contributed by atoms with Crippen molar-refractivity contribution in [2.45, 2.75) is 24.8 Å². The minimum atomic E-state index is -4.02. The predicted molar refractivity (Wildman–Crippen MR) is 126 cm³/mol. The van der Waals surface area contributed by atoms with Gasteiger partial charge in [-0.05, 0) is 67.4 Å². The average molecular weight is 480 g/mol. The number of carbonyl (C=O) groups excluding carboxylic acids is 1. The van der Waals surface area contributed by atoms with Crippen molar-refractivity contribution in [2.75, 3.05) is 4.72 Å². The minimum absolute atomic E-state index is 0.193. The topological polar surface area (TPSA) is 106 Å². The van der Waals surface area contributed by atoms with E-state index in [1.54, 1.807) is 30.1 Å². The Morgan fingerprint density at radius 3 is 2.50 bits per heavy atom. The fourth-order valence-corrected chi connectivity index (χ4v) is 4.36. The first-order valence-electron chi connectivity index (χ1n) is 10.4. The standard InChI is InChI=1S/C24H22FN5O3S/c1-16-6-11-22(13-23(16)25)34(32,33)29-20-5-3-4-19(12-20)24(31)28-17(2)18-7-9-21(10-8-18)30-15-26-14-27-30/h3-15,17,29H,1-2H3,(H,28,31)/t17-/m0/s1. The fourth-order valence-electron chi connectivity index (χ4n) is 3.30. The molecule has 4 rings (SSSR count). The lowest BCUT2D eigenvalue weighted by Gasteiger charge is -2.16. The van der Waals surface area contributed by atoms with Gasteiger partial charge in [-0.15, -0.1) is 0 Å². The number of halogens is 1. The van der Waals surface area contributed by atoms with E-state index < -0.39 is 15.8 Å². The van der Waals surface area contributed by atoms with E-state index >= 15 is 0 Å². The number of carbonyl (C=O) groups is 1. The summed E-state index contributed by atoms with van der Waals surface area (Å²) in [6.45, 7) is 3.40. The molecule has 0 bridgehead atoms. The van der Waals surface area contributed by atoms with Crippen molar-refractivity contribution < 1.29 is 17.6 Å². The average Bonchev–Trinajstić information content (AvgIpc) is 3.36. The highest BCUT2D eigenvalue weighted by atomic mass is 32.2. The molecule has 0 unspecified atom stereocenters. The Kier molecular flexibility index (Phi) is 6.42. The first-order chi connectivity index (χ1) is 16.2. The van der Waals surface area contributed by atoms with Crippen LogP contribution in [0.2, 0.25) is 0 Å². The van der Waals surface area contributed by atoms with Crippen molar-refractivity contribution in [3.8, 4) is 5.69 Å². The van der Waals surface area contributed by atoms with E-state index in [-0.39, 0.29) is 28.1 Å².